The predicted molar refractivity (Wildman–Crippen MR) is 93.0 cm³/mol. The molecule has 25 heavy (non-hydrogen) atoms. The first-order valence-corrected chi connectivity index (χ1v) is 9.64. The van der Waals surface area contributed by atoms with E-state index in [-0.39, 0.29) is 0 Å². The second-order valence-electron chi connectivity index (χ2n) is 6.83. The molecule has 0 amide bonds. The lowest BCUT2D eigenvalue weighted by Crippen LogP contribution is -2.40. The Morgan fingerprint density at radius 1 is 0.760 bits per heavy atom. The molecule has 0 bridgehead atoms. The van der Waals surface area contributed by atoms with Crippen LogP contribution in [0.2, 0.25) is 0 Å². The first kappa shape index (κ1) is 22.8. The molecule has 1 aliphatic rings. The standard InChI is InChI=1S/C18H36O7/c19-11-9-7-5-3-1-2-4-6-8-10-12-24-18-16(23)15(22)17(25-18)14(21)13-20/h14-23H,1-13H2/t14-,15-,16-,17+,18-/m1/s1. The van der Waals surface area contributed by atoms with Gasteiger partial charge < -0.3 is 35.0 Å². The zero-order chi connectivity index (χ0) is 18.5. The Bertz CT molecular complexity index is 316. The van der Waals surface area contributed by atoms with E-state index >= 15 is 0 Å². The second kappa shape index (κ2) is 13.9. The van der Waals surface area contributed by atoms with Crippen molar-refractivity contribution in [1.29, 1.82) is 0 Å². The van der Waals surface area contributed by atoms with E-state index in [0.717, 1.165) is 32.1 Å². The minimum Gasteiger partial charge on any atom is -0.396 e. The smallest absolute Gasteiger partial charge is 0.186 e. The van der Waals surface area contributed by atoms with Crippen LogP contribution in [0, 0.1) is 0 Å². The molecular formula is C18H36O7. The summed E-state index contributed by atoms with van der Waals surface area (Å²) in [5.41, 5.74) is 0. The van der Waals surface area contributed by atoms with Crippen LogP contribution >= 0.6 is 0 Å². The minimum absolute atomic E-state index is 0.298. The number of unbranched alkanes of at least 4 members (excludes halogenated alkanes) is 9. The van der Waals surface area contributed by atoms with Crippen LogP contribution in [0.3, 0.4) is 0 Å². The summed E-state index contributed by atoms with van der Waals surface area (Å²) < 4.78 is 10.7. The molecule has 0 saturated carbocycles. The monoisotopic (exact) mass is 364 g/mol. The van der Waals surface area contributed by atoms with E-state index < -0.39 is 37.3 Å². The van der Waals surface area contributed by atoms with E-state index in [2.05, 4.69) is 0 Å². The summed E-state index contributed by atoms with van der Waals surface area (Å²) in [6.45, 7) is 0.187. The van der Waals surface area contributed by atoms with Gasteiger partial charge in [-0.15, -0.1) is 0 Å². The van der Waals surface area contributed by atoms with Crippen LogP contribution in [0.1, 0.15) is 64.2 Å². The fourth-order valence-electron chi connectivity index (χ4n) is 3.06. The summed E-state index contributed by atoms with van der Waals surface area (Å²) >= 11 is 0. The van der Waals surface area contributed by atoms with Gasteiger partial charge in [-0.25, -0.2) is 0 Å². The SMILES string of the molecule is OCCCCCCCCCCCCO[C@@H]1O[C@@H]([C@H](O)CO)[C@H](O)[C@H]1O. The number of ether oxygens (including phenoxy) is 2. The third-order valence-corrected chi connectivity index (χ3v) is 4.66. The molecule has 150 valence electrons. The van der Waals surface area contributed by atoms with Crippen LogP contribution < -0.4 is 0 Å². The molecule has 0 aromatic heterocycles. The van der Waals surface area contributed by atoms with E-state index in [1.165, 1.54) is 32.1 Å². The first-order chi connectivity index (χ1) is 12.1. The van der Waals surface area contributed by atoms with Gasteiger partial charge in [-0.05, 0) is 12.8 Å². The van der Waals surface area contributed by atoms with E-state index in [9.17, 15) is 15.3 Å². The summed E-state index contributed by atoms with van der Waals surface area (Å²) in [7, 11) is 0. The molecule has 5 N–H and O–H groups in total. The van der Waals surface area contributed by atoms with Crippen LogP contribution in [0.15, 0.2) is 0 Å². The van der Waals surface area contributed by atoms with Crippen LogP contribution in [0.25, 0.3) is 0 Å². The lowest BCUT2D eigenvalue weighted by molar-refractivity contribution is -0.181. The van der Waals surface area contributed by atoms with Crippen molar-refractivity contribution in [1.82, 2.24) is 0 Å². The highest BCUT2D eigenvalue weighted by atomic mass is 16.7. The quantitative estimate of drug-likeness (QED) is 0.271. The van der Waals surface area contributed by atoms with Gasteiger partial charge in [0.05, 0.1) is 6.61 Å². The molecule has 1 rings (SSSR count). The number of hydrogen-bond donors (Lipinski definition) is 5. The fraction of sp³-hybridized carbons (Fsp3) is 1.00. The van der Waals surface area contributed by atoms with Gasteiger partial charge in [-0.1, -0.05) is 51.4 Å². The molecule has 7 nitrogen and oxygen atoms in total. The highest BCUT2D eigenvalue weighted by molar-refractivity contribution is 4.90. The Kier molecular flexibility index (Phi) is 12.6. The maximum atomic E-state index is 9.84. The largest absolute Gasteiger partial charge is 0.396 e. The molecule has 0 aromatic rings. The molecule has 0 radical (unpaired) electrons. The topological polar surface area (TPSA) is 120 Å². The molecule has 0 spiro atoms. The molecule has 0 unspecified atom stereocenters. The van der Waals surface area contributed by atoms with E-state index in [4.69, 9.17) is 19.7 Å². The summed E-state index contributed by atoms with van der Waals surface area (Å²) in [5.74, 6) is 0. The fourth-order valence-corrected chi connectivity index (χ4v) is 3.06. The Morgan fingerprint density at radius 3 is 1.80 bits per heavy atom. The van der Waals surface area contributed by atoms with Crippen molar-refractivity contribution in [2.45, 2.75) is 94.9 Å². The molecular weight excluding hydrogens is 328 g/mol. The number of rotatable bonds is 15. The summed E-state index contributed by atoms with van der Waals surface area (Å²) in [6.07, 6.45) is 5.50. The molecule has 5 atom stereocenters. The molecule has 1 heterocycles. The van der Waals surface area contributed by atoms with Crippen molar-refractivity contribution in [2.24, 2.45) is 0 Å². The molecule has 7 heteroatoms. The van der Waals surface area contributed by atoms with Gasteiger partial charge in [0.25, 0.3) is 0 Å². The van der Waals surface area contributed by atoms with Crippen molar-refractivity contribution in [3.8, 4) is 0 Å². The summed E-state index contributed by atoms with van der Waals surface area (Å²) in [6, 6.07) is 0. The van der Waals surface area contributed by atoms with Crippen LogP contribution in [-0.4, -0.2) is 76.1 Å². The Balaban J connectivity index is 1.96. The normalized spacial score (nSPS) is 27.7. The van der Waals surface area contributed by atoms with Gasteiger partial charge in [0.2, 0.25) is 0 Å². The highest BCUT2D eigenvalue weighted by Crippen LogP contribution is 2.24. The third kappa shape index (κ3) is 8.77. The van der Waals surface area contributed by atoms with E-state index in [1.54, 1.807) is 0 Å². The van der Waals surface area contributed by atoms with Gasteiger partial charge >= 0.3 is 0 Å². The Labute approximate surface area is 150 Å². The van der Waals surface area contributed by atoms with Gasteiger partial charge in [0.15, 0.2) is 6.29 Å². The number of hydrogen-bond acceptors (Lipinski definition) is 7. The average Bonchev–Trinajstić information content (AvgIpc) is 2.90. The molecule has 1 fully saturated rings. The predicted octanol–water partition coefficient (Wildman–Crippen LogP) is 0.696. The molecule has 0 aliphatic carbocycles. The van der Waals surface area contributed by atoms with E-state index in [1.807, 2.05) is 0 Å². The van der Waals surface area contributed by atoms with Crippen molar-refractivity contribution in [3.05, 3.63) is 0 Å². The van der Waals surface area contributed by atoms with Crippen molar-refractivity contribution < 1.29 is 35.0 Å². The number of aliphatic hydroxyl groups is 5. The Morgan fingerprint density at radius 2 is 1.28 bits per heavy atom. The van der Waals surface area contributed by atoms with Crippen molar-refractivity contribution in [3.63, 3.8) is 0 Å². The summed E-state index contributed by atoms with van der Waals surface area (Å²) in [4.78, 5) is 0. The van der Waals surface area contributed by atoms with Crippen molar-refractivity contribution >= 4 is 0 Å². The first-order valence-electron chi connectivity index (χ1n) is 9.64. The van der Waals surface area contributed by atoms with E-state index in [0.29, 0.717) is 13.2 Å². The maximum Gasteiger partial charge on any atom is 0.186 e. The molecule has 0 aromatic carbocycles. The second-order valence-corrected chi connectivity index (χ2v) is 6.83. The highest BCUT2D eigenvalue weighted by Gasteiger charge is 2.46. The lowest BCUT2D eigenvalue weighted by atomic mass is 10.1. The number of aliphatic hydroxyl groups excluding tert-OH is 5. The maximum absolute atomic E-state index is 9.84. The average molecular weight is 364 g/mol. The zero-order valence-electron chi connectivity index (χ0n) is 15.1. The van der Waals surface area contributed by atoms with Gasteiger partial charge in [-0.2, -0.15) is 0 Å². The van der Waals surface area contributed by atoms with Crippen molar-refractivity contribution in [2.75, 3.05) is 19.8 Å². The minimum atomic E-state index is -1.26. The van der Waals surface area contributed by atoms with Gasteiger partial charge in [0.1, 0.15) is 24.4 Å². The lowest BCUT2D eigenvalue weighted by Gasteiger charge is -2.18. The van der Waals surface area contributed by atoms with Crippen LogP contribution in [0.4, 0.5) is 0 Å². The Hall–Kier alpha value is -0.280. The van der Waals surface area contributed by atoms with Gasteiger partial charge in [0, 0.05) is 13.2 Å². The van der Waals surface area contributed by atoms with Gasteiger partial charge in [-0.3, -0.25) is 0 Å². The molecule has 1 saturated heterocycles. The molecule has 1 aliphatic heterocycles. The van der Waals surface area contributed by atoms with Crippen LogP contribution in [-0.2, 0) is 9.47 Å². The summed E-state index contributed by atoms with van der Waals surface area (Å²) in [5, 5.41) is 46.7. The zero-order valence-corrected chi connectivity index (χ0v) is 15.1. The third-order valence-electron chi connectivity index (χ3n) is 4.66. The van der Waals surface area contributed by atoms with Crippen LogP contribution in [0.5, 0.6) is 0 Å².